The Balaban J connectivity index is 1.71. The molecule has 3 rings (SSSR count). The number of nitrogens with two attached hydrogens (primary N) is 1. The largest absolute Gasteiger partial charge is 0.399 e. The number of amides is 1. The molecule has 0 spiro atoms. The lowest BCUT2D eigenvalue weighted by Crippen LogP contribution is -2.45. The Morgan fingerprint density at radius 3 is 2.50 bits per heavy atom. The van der Waals surface area contributed by atoms with E-state index in [1.807, 2.05) is 0 Å². The first-order valence-electron chi connectivity index (χ1n) is 7.49. The van der Waals surface area contributed by atoms with Gasteiger partial charge in [0, 0.05) is 27.7 Å². The van der Waals surface area contributed by atoms with E-state index in [1.54, 1.807) is 24.3 Å². The second kappa shape index (κ2) is 6.13. The van der Waals surface area contributed by atoms with Gasteiger partial charge in [-0.05, 0) is 48.7 Å². The highest BCUT2D eigenvalue weighted by Gasteiger charge is 2.38. The standard InChI is InChI=1S/C18H19BrN2O/c19-15-7-5-14(6-8-15)18(9-2-10-18)12-21-17(22)13-3-1-4-16(20)11-13/h1,3-8,11H,2,9-10,12,20H2,(H,21,22). The average molecular weight is 359 g/mol. The van der Waals surface area contributed by atoms with Crippen molar-refractivity contribution in [3.8, 4) is 0 Å². The highest BCUT2D eigenvalue weighted by Crippen LogP contribution is 2.43. The second-order valence-electron chi connectivity index (χ2n) is 5.95. The molecule has 0 unspecified atom stereocenters. The predicted molar refractivity (Wildman–Crippen MR) is 92.9 cm³/mol. The molecule has 0 radical (unpaired) electrons. The van der Waals surface area contributed by atoms with E-state index in [4.69, 9.17) is 5.73 Å². The van der Waals surface area contributed by atoms with Gasteiger partial charge in [-0.2, -0.15) is 0 Å². The molecule has 2 aromatic rings. The number of rotatable bonds is 4. The van der Waals surface area contributed by atoms with Crippen LogP contribution in [-0.2, 0) is 5.41 Å². The molecule has 1 fully saturated rings. The van der Waals surface area contributed by atoms with Crippen LogP contribution < -0.4 is 11.1 Å². The van der Waals surface area contributed by atoms with Crippen LogP contribution in [0.1, 0.15) is 35.2 Å². The van der Waals surface area contributed by atoms with Crippen LogP contribution in [0.25, 0.3) is 0 Å². The number of halogens is 1. The topological polar surface area (TPSA) is 55.1 Å². The summed E-state index contributed by atoms with van der Waals surface area (Å²) in [4.78, 5) is 12.3. The van der Waals surface area contributed by atoms with Crippen LogP contribution in [0.2, 0.25) is 0 Å². The number of nitrogens with one attached hydrogen (secondary N) is 1. The van der Waals surface area contributed by atoms with E-state index in [9.17, 15) is 4.79 Å². The van der Waals surface area contributed by atoms with Crippen molar-refractivity contribution in [2.75, 3.05) is 12.3 Å². The van der Waals surface area contributed by atoms with Crippen molar-refractivity contribution in [2.45, 2.75) is 24.7 Å². The summed E-state index contributed by atoms with van der Waals surface area (Å²) in [6.07, 6.45) is 3.45. The quantitative estimate of drug-likeness (QED) is 0.814. The van der Waals surface area contributed by atoms with Crippen molar-refractivity contribution in [1.82, 2.24) is 5.32 Å². The van der Waals surface area contributed by atoms with Crippen LogP contribution in [0, 0.1) is 0 Å². The normalized spacial score (nSPS) is 15.9. The minimum Gasteiger partial charge on any atom is -0.399 e. The molecule has 1 amide bonds. The maximum absolute atomic E-state index is 12.3. The molecule has 2 aromatic carbocycles. The molecule has 1 aliphatic carbocycles. The van der Waals surface area contributed by atoms with Gasteiger partial charge in [-0.1, -0.05) is 40.5 Å². The minimum absolute atomic E-state index is 0.0595. The second-order valence-corrected chi connectivity index (χ2v) is 6.86. The Labute approximate surface area is 139 Å². The first-order valence-corrected chi connectivity index (χ1v) is 8.28. The van der Waals surface area contributed by atoms with Crippen LogP contribution in [0.4, 0.5) is 5.69 Å². The third-order valence-electron chi connectivity index (χ3n) is 4.50. The summed E-state index contributed by atoms with van der Waals surface area (Å²) in [6.45, 7) is 0.669. The molecule has 0 atom stereocenters. The fourth-order valence-electron chi connectivity index (χ4n) is 3.01. The summed E-state index contributed by atoms with van der Waals surface area (Å²) in [5.74, 6) is -0.0595. The van der Waals surface area contributed by atoms with Gasteiger partial charge in [0.05, 0.1) is 0 Å². The first-order chi connectivity index (χ1) is 10.6. The van der Waals surface area contributed by atoms with Crippen molar-refractivity contribution in [3.05, 3.63) is 64.1 Å². The molecule has 3 N–H and O–H groups in total. The van der Waals surface area contributed by atoms with Crippen LogP contribution in [0.5, 0.6) is 0 Å². The Morgan fingerprint density at radius 2 is 1.91 bits per heavy atom. The molecule has 0 bridgehead atoms. The first kappa shape index (κ1) is 15.1. The number of nitrogen functional groups attached to an aromatic ring is 1. The summed E-state index contributed by atoms with van der Waals surface area (Å²) in [7, 11) is 0. The molecular formula is C18H19BrN2O. The summed E-state index contributed by atoms with van der Waals surface area (Å²) in [5, 5.41) is 3.08. The number of carbonyl (C=O) groups excluding carboxylic acids is 1. The zero-order valence-corrected chi connectivity index (χ0v) is 13.9. The van der Waals surface area contributed by atoms with Crippen molar-refractivity contribution < 1.29 is 4.79 Å². The number of hydrogen-bond donors (Lipinski definition) is 2. The van der Waals surface area contributed by atoms with Crippen LogP contribution >= 0.6 is 15.9 Å². The molecule has 22 heavy (non-hydrogen) atoms. The van der Waals surface area contributed by atoms with Gasteiger partial charge in [0.1, 0.15) is 0 Å². The summed E-state index contributed by atoms with van der Waals surface area (Å²) in [6, 6.07) is 15.5. The monoisotopic (exact) mass is 358 g/mol. The van der Waals surface area contributed by atoms with Crippen LogP contribution in [-0.4, -0.2) is 12.5 Å². The van der Waals surface area contributed by atoms with Gasteiger partial charge in [0.25, 0.3) is 5.91 Å². The molecule has 1 aliphatic rings. The predicted octanol–water partition coefficient (Wildman–Crippen LogP) is 3.88. The van der Waals surface area contributed by atoms with E-state index in [-0.39, 0.29) is 11.3 Å². The molecule has 1 saturated carbocycles. The average Bonchev–Trinajstić information content (AvgIpc) is 2.47. The highest BCUT2D eigenvalue weighted by molar-refractivity contribution is 9.10. The molecule has 114 valence electrons. The number of hydrogen-bond acceptors (Lipinski definition) is 2. The van der Waals surface area contributed by atoms with E-state index in [0.717, 1.165) is 17.3 Å². The third-order valence-corrected chi connectivity index (χ3v) is 5.03. The molecule has 0 aromatic heterocycles. The maximum Gasteiger partial charge on any atom is 0.251 e. The van der Waals surface area contributed by atoms with Gasteiger partial charge in [-0.25, -0.2) is 0 Å². The molecule has 0 heterocycles. The molecule has 4 heteroatoms. The highest BCUT2D eigenvalue weighted by atomic mass is 79.9. The third kappa shape index (κ3) is 3.02. The summed E-state index contributed by atoms with van der Waals surface area (Å²) < 4.78 is 1.08. The van der Waals surface area contributed by atoms with Crippen molar-refractivity contribution in [3.63, 3.8) is 0 Å². The fourth-order valence-corrected chi connectivity index (χ4v) is 3.27. The Bertz CT molecular complexity index is 678. The van der Waals surface area contributed by atoms with Crippen molar-refractivity contribution >= 4 is 27.5 Å². The Hall–Kier alpha value is -1.81. The molecule has 3 nitrogen and oxygen atoms in total. The molecule has 0 saturated heterocycles. The SMILES string of the molecule is Nc1cccc(C(=O)NCC2(c3ccc(Br)cc3)CCC2)c1. The number of benzene rings is 2. The van der Waals surface area contributed by atoms with E-state index in [1.165, 1.54) is 12.0 Å². The lowest BCUT2D eigenvalue weighted by molar-refractivity contribution is 0.0928. The van der Waals surface area contributed by atoms with Crippen LogP contribution in [0.3, 0.4) is 0 Å². The smallest absolute Gasteiger partial charge is 0.251 e. The zero-order valence-electron chi connectivity index (χ0n) is 12.3. The molecular weight excluding hydrogens is 340 g/mol. The lowest BCUT2D eigenvalue weighted by Gasteiger charge is -2.42. The number of carbonyl (C=O) groups is 1. The van der Waals surface area contributed by atoms with E-state index in [0.29, 0.717) is 17.8 Å². The van der Waals surface area contributed by atoms with Gasteiger partial charge in [0.15, 0.2) is 0 Å². The van der Waals surface area contributed by atoms with Gasteiger partial charge in [0.2, 0.25) is 0 Å². The Morgan fingerprint density at radius 1 is 1.18 bits per heavy atom. The van der Waals surface area contributed by atoms with Gasteiger partial charge in [-0.3, -0.25) is 4.79 Å². The summed E-state index contributed by atoms with van der Waals surface area (Å²) >= 11 is 3.47. The number of anilines is 1. The molecule has 0 aliphatic heterocycles. The van der Waals surface area contributed by atoms with E-state index >= 15 is 0 Å². The zero-order chi connectivity index (χ0) is 15.6. The van der Waals surface area contributed by atoms with E-state index in [2.05, 4.69) is 45.5 Å². The van der Waals surface area contributed by atoms with Gasteiger partial charge >= 0.3 is 0 Å². The van der Waals surface area contributed by atoms with Crippen molar-refractivity contribution in [2.24, 2.45) is 0 Å². The maximum atomic E-state index is 12.3. The van der Waals surface area contributed by atoms with Crippen molar-refractivity contribution in [1.29, 1.82) is 0 Å². The van der Waals surface area contributed by atoms with Gasteiger partial charge < -0.3 is 11.1 Å². The minimum atomic E-state index is -0.0595. The van der Waals surface area contributed by atoms with E-state index < -0.39 is 0 Å². The summed E-state index contributed by atoms with van der Waals surface area (Å²) in [5.41, 5.74) is 8.34. The Kier molecular flexibility index (Phi) is 4.21. The lowest BCUT2D eigenvalue weighted by atomic mass is 9.64. The van der Waals surface area contributed by atoms with Crippen LogP contribution in [0.15, 0.2) is 53.0 Å². The van der Waals surface area contributed by atoms with Gasteiger partial charge in [-0.15, -0.1) is 0 Å². The fraction of sp³-hybridized carbons (Fsp3) is 0.278.